The standard InChI is InChI=1S/C26H35NO2.C2H6O/c1-19-13-23-16-25(28-2)26(29-3)17-24(23)15-22(19)14-20-9-11-27(12-10-20)18-21-7-5-4-6-8-21;1-3-2/h4-8,16-17,19-20,22H,9-15,18H2,1-3H3;1-2H3. The molecule has 1 heterocycles. The second-order valence-electron chi connectivity index (χ2n) is 9.47. The van der Waals surface area contributed by atoms with Gasteiger partial charge in [0.1, 0.15) is 0 Å². The molecule has 0 saturated carbocycles. The number of fused-ring (bicyclic) bond motifs is 1. The highest BCUT2D eigenvalue weighted by atomic mass is 16.5. The van der Waals surface area contributed by atoms with Crippen molar-refractivity contribution in [2.24, 2.45) is 17.8 Å². The molecule has 1 aliphatic carbocycles. The highest BCUT2D eigenvalue weighted by Crippen LogP contribution is 2.40. The quantitative estimate of drug-likeness (QED) is 0.585. The minimum atomic E-state index is 0.739. The van der Waals surface area contributed by atoms with E-state index in [4.69, 9.17) is 9.47 Å². The molecule has 0 aromatic heterocycles. The Morgan fingerprint density at radius 3 is 1.97 bits per heavy atom. The lowest BCUT2D eigenvalue weighted by Crippen LogP contribution is -2.35. The Kier molecular flexibility index (Phi) is 9.43. The first-order chi connectivity index (χ1) is 15.6. The first-order valence-electron chi connectivity index (χ1n) is 12.0. The predicted molar refractivity (Wildman–Crippen MR) is 132 cm³/mol. The van der Waals surface area contributed by atoms with Crippen LogP contribution in [0.15, 0.2) is 42.5 Å². The zero-order chi connectivity index (χ0) is 22.9. The molecule has 32 heavy (non-hydrogen) atoms. The van der Waals surface area contributed by atoms with Gasteiger partial charge in [0.05, 0.1) is 14.2 Å². The van der Waals surface area contributed by atoms with Gasteiger partial charge in [0.15, 0.2) is 11.5 Å². The Morgan fingerprint density at radius 1 is 0.844 bits per heavy atom. The third-order valence-corrected chi connectivity index (χ3v) is 7.13. The Labute approximate surface area is 194 Å². The second kappa shape index (κ2) is 12.3. The molecule has 4 nitrogen and oxygen atoms in total. The van der Waals surface area contributed by atoms with Crippen LogP contribution in [0, 0.1) is 17.8 Å². The van der Waals surface area contributed by atoms with Crippen molar-refractivity contribution in [3.63, 3.8) is 0 Å². The number of benzene rings is 2. The van der Waals surface area contributed by atoms with E-state index in [0.717, 1.165) is 42.2 Å². The van der Waals surface area contributed by atoms with E-state index in [1.165, 1.54) is 55.5 Å². The lowest BCUT2D eigenvalue weighted by atomic mass is 9.72. The summed E-state index contributed by atoms with van der Waals surface area (Å²) >= 11 is 0. The van der Waals surface area contributed by atoms with Crippen LogP contribution in [0.4, 0.5) is 0 Å². The molecule has 0 spiro atoms. The molecule has 0 radical (unpaired) electrons. The summed E-state index contributed by atoms with van der Waals surface area (Å²) in [6.07, 6.45) is 6.39. The van der Waals surface area contributed by atoms with E-state index >= 15 is 0 Å². The van der Waals surface area contributed by atoms with Crippen molar-refractivity contribution in [1.82, 2.24) is 4.90 Å². The van der Waals surface area contributed by atoms with Crippen molar-refractivity contribution in [1.29, 1.82) is 0 Å². The normalized spacial score (nSPS) is 21.3. The van der Waals surface area contributed by atoms with Crippen LogP contribution in [-0.2, 0) is 24.1 Å². The van der Waals surface area contributed by atoms with Crippen LogP contribution in [0.5, 0.6) is 11.5 Å². The highest BCUT2D eigenvalue weighted by molar-refractivity contribution is 5.48. The van der Waals surface area contributed by atoms with Crippen LogP contribution in [0.3, 0.4) is 0 Å². The van der Waals surface area contributed by atoms with Gasteiger partial charge in [-0.05, 0) is 91.8 Å². The van der Waals surface area contributed by atoms with Crippen molar-refractivity contribution in [3.05, 3.63) is 59.2 Å². The van der Waals surface area contributed by atoms with Crippen molar-refractivity contribution >= 4 is 0 Å². The van der Waals surface area contributed by atoms with Crippen LogP contribution >= 0.6 is 0 Å². The number of hydrogen-bond donors (Lipinski definition) is 0. The molecule has 2 aromatic rings. The molecule has 2 unspecified atom stereocenters. The molecular formula is C28H41NO3. The smallest absolute Gasteiger partial charge is 0.161 e. The Bertz CT molecular complexity index is 815. The Hall–Kier alpha value is -2.04. The molecule has 2 aliphatic rings. The van der Waals surface area contributed by atoms with Crippen LogP contribution < -0.4 is 9.47 Å². The number of piperidine rings is 1. The number of likely N-dealkylation sites (tertiary alicyclic amines) is 1. The SMILES string of the molecule is COC.COc1cc2c(cc1OC)CC(CC1CCN(Cc3ccccc3)CC1)C(C)C2. The van der Waals surface area contributed by atoms with E-state index in [9.17, 15) is 0 Å². The third-order valence-electron chi connectivity index (χ3n) is 7.13. The average Bonchev–Trinajstić information content (AvgIpc) is 2.81. The van der Waals surface area contributed by atoms with Gasteiger partial charge in [0, 0.05) is 20.8 Å². The van der Waals surface area contributed by atoms with Crippen molar-refractivity contribution in [2.45, 2.75) is 45.6 Å². The van der Waals surface area contributed by atoms with Crippen molar-refractivity contribution in [3.8, 4) is 11.5 Å². The Balaban J connectivity index is 0.000000913. The first kappa shape index (κ1) is 24.6. The van der Waals surface area contributed by atoms with Crippen LogP contribution in [0.2, 0.25) is 0 Å². The molecule has 1 fully saturated rings. The zero-order valence-corrected chi connectivity index (χ0v) is 20.6. The van der Waals surface area contributed by atoms with E-state index in [0.29, 0.717) is 0 Å². The van der Waals surface area contributed by atoms with E-state index in [-0.39, 0.29) is 0 Å². The summed E-state index contributed by atoms with van der Waals surface area (Å²) in [4.78, 5) is 2.63. The van der Waals surface area contributed by atoms with Gasteiger partial charge in [-0.25, -0.2) is 0 Å². The number of nitrogens with zero attached hydrogens (tertiary/aromatic N) is 1. The predicted octanol–water partition coefficient (Wildman–Crippen LogP) is 5.62. The number of methoxy groups -OCH3 is 3. The average molecular weight is 440 g/mol. The lowest BCUT2D eigenvalue weighted by molar-refractivity contribution is 0.147. The fourth-order valence-electron chi connectivity index (χ4n) is 5.31. The molecule has 4 heteroatoms. The number of rotatable bonds is 6. The maximum absolute atomic E-state index is 5.54. The van der Waals surface area contributed by atoms with Gasteiger partial charge in [0.25, 0.3) is 0 Å². The minimum absolute atomic E-state index is 0.739. The van der Waals surface area contributed by atoms with Gasteiger partial charge in [-0.1, -0.05) is 37.3 Å². The summed E-state index contributed by atoms with van der Waals surface area (Å²) < 4.78 is 15.3. The van der Waals surface area contributed by atoms with Crippen LogP contribution in [0.1, 0.15) is 42.9 Å². The van der Waals surface area contributed by atoms with Gasteiger partial charge in [0.2, 0.25) is 0 Å². The van der Waals surface area contributed by atoms with Gasteiger partial charge in [-0.2, -0.15) is 0 Å². The second-order valence-corrected chi connectivity index (χ2v) is 9.47. The van der Waals surface area contributed by atoms with Crippen molar-refractivity contribution in [2.75, 3.05) is 41.5 Å². The minimum Gasteiger partial charge on any atom is -0.493 e. The molecule has 0 bridgehead atoms. The summed E-state index contributed by atoms with van der Waals surface area (Å²) in [5, 5.41) is 0. The zero-order valence-electron chi connectivity index (χ0n) is 20.6. The van der Waals surface area contributed by atoms with Gasteiger partial charge >= 0.3 is 0 Å². The van der Waals surface area contributed by atoms with Gasteiger partial charge < -0.3 is 14.2 Å². The molecule has 2 aromatic carbocycles. The molecule has 1 aliphatic heterocycles. The van der Waals surface area contributed by atoms with Gasteiger partial charge in [-0.3, -0.25) is 4.90 Å². The van der Waals surface area contributed by atoms with Crippen molar-refractivity contribution < 1.29 is 14.2 Å². The topological polar surface area (TPSA) is 30.9 Å². The largest absolute Gasteiger partial charge is 0.493 e. The van der Waals surface area contributed by atoms with Crippen LogP contribution in [0.25, 0.3) is 0 Å². The van der Waals surface area contributed by atoms with Gasteiger partial charge in [-0.15, -0.1) is 0 Å². The molecule has 1 saturated heterocycles. The summed E-state index contributed by atoms with van der Waals surface area (Å²) in [5.74, 6) is 4.13. The summed E-state index contributed by atoms with van der Waals surface area (Å²) in [6, 6.07) is 15.3. The first-order valence-corrected chi connectivity index (χ1v) is 12.0. The lowest BCUT2D eigenvalue weighted by Gasteiger charge is -2.37. The van der Waals surface area contributed by atoms with E-state index in [1.807, 2.05) is 0 Å². The molecule has 0 N–H and O–H groups in total. The monoisotopic (exact) mass is 439 g/mol. The highest BCUT2D eigenvalue weighted by Gasteiger charge is 2.30. The molecule has 176 valence electrons. The summed E-state index contributed by atoms with van der Waals surface area (Å²) in [5.41, 5.74) is 4.35. The Morgan fingerprint density at radius 2 is 1.41 bits per heavy atom. The van der Waals surface area contributed by atoms with Crippen LogP contribution in [-0.4, -0.2) is 46.4 Å². The summed E-state index contributed by atoms with van der Waals surface area (Å²) in [6.45, 7) is 6.02. The maximum Gasteiger partial charge on any atom is 0.161 e. The molecule has 0 amide bonds. The molecule has 4 rings (SSSR count). The van der Waals surface area contributed by atoms with E-state index in [1.54, 1.807) is 28.4 Å². The number of ether oxygens (including phenoxy) is 3. The van der Waals surface area contributed by atoms with E-state index < -0.39 is 0 Å². The van der Waals surface area contributed by atoms with E-state index in [2.05, 4.69) is 59.0 Å². The molecule has 2 atom stereocenters. The third kappa shape index (κ3) is 6.49. The molecular weight excluding hydrogens is 398 g/mol. The fraction of sp³-hybridized carbons (Fsp3) is 0.571. The number of hydrogen-bond acceptors (Lipinski definition) is 4. The fourth-order valence-corrected chi connectivity index (χ4v) is 5.31. The maximum atomic E-state index is 5.54. The summed E-state index contributed by atoms with van der Waals surface area (Å²) in [7, 11) is 6.71.